The number of hydrogen-bond acceptors (Lipinski definition) is 4. The predicted octanol–water partition coefficient (Wildman–Crippen LogP) is 2.66. The van der Waals surface area contributed by atoms with Gasteiger partial charge in [-0.15, -0.1) is 0 Å². The molecule has 0 fully saturated rings. The SMILES string of the molecule is N/C(=N/O)c1ccc(OCc2cncc(Br)c2)c(F)c1. The summed E-state index contributed by atoms with van der Waals surface area (Å²) in [6, 6.07) is 5.90. The molecule has 1 aromatic heterocycles. The maximum atomic E-state index is 13.8. The van der Waals surface area contributed by atoms with Gasteiger partial charge in [-0.05, 0) is 40.2 Å². The Balaban J connectivity index is 2.11. The highest BCUT2D eigenvalue weighted by atomic mass is 79.9. The highest BCUT2D eigenvalue weighted by Crippen LogP contribution is 2.20. The number of halogens is 2. The number of hydrogen-bond donors (Lipinski definition) is 2. The van der Waals surface area contributed by atoms with Crippen LogP contribution < -0.4 is 10.5 Å². The van der Waals surface area contributed by atoms with Crippen molar-refractivity contribution >= 4 is 21.8 Å². The monoisotopic (exact) mass is 339 g/mol. The lowest BCUT2D eigenvalue weighted by atomic mass is 10.2. The summed E-state index contributed by atoms with van der Waals surface area (Å²) in [5.41, 5.74) is 6.46. The number of nitrogens with two attached hydrogens (primary N) is 1. The summed E-state index contributed by atoms with van der Waals surface area (Å²) in [4.78, 5) is 3.99. The van der Waals surface area contributed by atoms with E-state index in [1.807, 2.05) is 6.07 Å². The molecule has 0 amide bonds. The second-order valence-electron chi connectivity index (χ2n) is 3.93. The van der Waals surface area contributed by atoms with E-state index < -0.39 is 5.82 Å². The molecule has 0 saturated carbocycles. The first-order chi connectivity index (χ1) is 9.60. The number of benzene rings is 1. The van der Waals surface area contributed by atoms with E-state index >= 15 is 0 Å². The quantitative estimate of drug-likeness (QED) is 0.388. The highest BCUT2D eigenvalue weighted by molar-refractivity contribution is 9.10. The standard InChI is InChI=1S/C13H11BrFN3O2/c14-10-3-8(5-17-6-10)7-20-12-2-1-9(4-11(12)15)13(16)18-19/h1-6,19H,7H2,(H2,16,18). The van der Waals surface area contributed by atoms with E-state index in [0.717, 1.165) is 16.1 Å². The van der Waals surface area contributed by atoms with Crippen LogP contribution >= 0.6 is 15.9 Å². The van der Waals surface area contributed by atoms with Crippen LogP contribution in [0, 0.1) is 5.82 Å². The van der Waals surface area contributed by atoms with Crippen molar-refractivity contribution in [3.63, 3.8) is 0 Å². The summed E-state index contributed by atoms with van der Waals surface area (Å²) in [5, 5.41) is 11.3. The number of ether oxygens (including phenoxy) is 1. The first-order valence-corrected chi connectivity index (χ1v) is 6.39. The number of oxime groups is 1. The molecule has 3 N–H and O–H groups in total. The van der Waals surface area contributed by atoms with Crippen LogP contribution in [-0.2, 0) is 6.61 Å². The van der Waals surface area contributed by atoms with Crippen LogP contribution in [0.2, 0.25) is 0 Å². The molecule has 0 bridgehead atoms. The molecule has 0 aliphatic rings. The lowest BCUT2D eigenvalue weighted by Crippen LogP contribution is -2.13. The van der Waals surface area contributed by atoms with Crippen LogP contribution in [0.1, 0.15) is 11.1 Å². The summed E-state index contributed by atoms with van der Waals surface area (Å²) in [5.74, 6) is -0.664. The third-order valence-corrected chi connectivity index (χ3v) is 2.92. The first-order valence-electron chi connectivity index (χ1n) is 5.60. The topological polar surface area (TPSA) is 80.7 Å². The second kappa shape index (κ2) is 6.33. The van der Waals surface area contributed by atoms with Crippen LogP contribution in [-0.4, -0.2) is 16.0 Å². The molecule has 0 spiro atoms. The van der Waals surface area contributed by atoms with Gasteiger partial charge < -0.3 is 15.7 Å². The Morgan fingerprint density at radius 2 is 2.20 bits per heavy atom. The molecule has 0 aliphatic heterocycles. The third-order valence-electron chi connectivity index (χ3n) is 2.49. The summed E-state index contributed by atoms with van der Waals surface area (Å²) >= 11 is 3.29. The molecule has 0 saturated heterocycles. The van der Waals surface area contributed by atoms with Crippen molar-refractivity contribution < 1.29 is 14.3 Å². The van der Waals surface area contributed by atoms with Crippen molar-refractivity contribution in [3.8, 4) is 5.75 Å². The van der Waals surface area contributed by atoms with Gasteiger partial charge in [-0.25, -0.2) is 4.39 Å². The maximum absolute atomic E-state index is 13.8. The molecule has 20 heavy (non-hydrogen) atoms. The van der Waals surface area contributed by atoms with E-state index in [4.69, 9.17) is 15.7 Å². The number of amidine groups is 1. The Bertz CT molecular complexity index is 649. The lowest BCUT2D eigenvalue weighted by molar-refractivity contribution is 0.289. The Hall–Kier alpha value is -2.15. The largest absolute Gasteiger partial charge is 0.486 e. The minimum atomic E-state index is -0.586. The van der Waals surface area contributed by atoms with Gasteiger partial charge in [-0.2, -0.15) is 0 Å². The van der Waals surface area contributed by atoms with Crippen LogP contribution in [0.15, 0.2) is 46.3 Å². The molecule has 104 valence electrons. The summed E-state index contributed by atoms with van der Waals surface area (Å²) in [6.45, 7) is 0.187. The molecular weight excluding hydrogens is 329 g/mol. The Kier molecular flexibility index (Phi) is 4.52. The van der Waals surface area contributed by atoms with Crippen molar-refractivity contribution in [2.24, 2.45) is 10.9 Å². The number of aromatic nitrogens is 1. The van der Waals surface area contributed by atoms with Crippen molar-refractivity contribution in [1.29, 1.82) is 0 Å². The van der Waals surface area contributed by atoms with Gasteiger partial charge in [0, 0.05) is 28.0 Å². The molecular formula is C13H11BrFN3O2. The molecule has 0 aliphatic carbocycles. The van der Waals surface area contributed by atoms with Crippen LogP contribution in [0.5, 0.6) is 5.75 Å². The number of pyridine rings is 1. The molecule has 2 aromatic rings. The molecule has 0 unspecified atom stereocenters. The van der Waals surface area contributed by atoms with Gasteiger partial charge in [0.15, 0.2) is 17.4 Å². The van der Waals surface area contributed by atoms with Gasteiger partial charge in [0.05, 0.1) is 0 Å². The Morgan fingerprint density at radius 3 is 2.85 bits per heavy atom. The highest BCUT2D eigenvalue weighted by Gasteiger charge is 2.08. The van der Waals surface area contributed by atoms with E-state index in [2.05, 4.69) is 26.1 Å². The zero-order valence-corrected chi connectivity index (χ0v) is 11.8. The van der Waals surface area contributed by atoms with Gasteiger partial charge in [-0.1, -0.05) is 5.16 Å². The van der Waals surface area contributed by atoms with Crippen molar-refractivity contribution in [3.05, 3.63) is 58.1 Å². The average molecular weight is 340 g/mol. The van der Waals surface area contributed by atoms with E-state index in [1.165, 1.54) is 12.1 Å². The van der Waals surface area contributed by atoms with Crippen molar-refractivity contribution in [2.45, 2.75) is 6.61 Å². The van der Waals surface area contributed by atoms with Crippen LogP contribution in [0.4, 0.5) is 4.39 Å². The van der Waals surface area contributed by atoms with Gasteiger partial charge in [0.25, 0.3) is 0 Å². The van der Waals surface area contributed by atoms with Crippen molar-refractivity contribution in [1.82, 2.24) is 4.98 Å². The lowest BCUT2D eigenvalue weighted by Gasteiger charge is -2.08. The minimum Gasteiger partial charge on any atom is -0.486 e. The first kappa shape index (κ1) is 14.3. The second-order valence-corrected chi connectivity index (χ2v) is 4.85. The zero-order valence-electron chi connectivity index (χ0n) is 10.3. The normalized spacial score (nSPS) is 11.4. The van der Waals surface area contributed by atoms with Crippen molar-refractivity contribution in [2.75, 3.05) is 0 Å². The van der Waals surface area contributed by atoms with Gasteiger partial charge in [0.1, 0.15) is 6.61 Å². The minimum absolute atomic E-state index is 0.0828. The summed E-state index contributed by atoms with van der Waals surface area (Å²) in [7, 11) is 0. The van der Waals surface area contributed by atoms with Gasteiger partial charge in [0.2, 0.25) is 0 Å². The fourth-order valence-electron chi connectivity index (χ4n) is 1.53. The van der Waals surface area contributed by atoms with Crippen LogP contribution in [0.3, 0.4) is 0 Å². The number of nitrogens with zero attached hydrogens (tertiary/aromatic N) is 2. The van der Waals surface area contributed by atoms with Gasteiger partial charge >= 0.3 is 0 Å². The van der Waals surface area contributed by atoms with E-state index in [1.54, 1.807) is 12.4 Å². The Morgan fingerprint density at radius 1 is 1.40 bits per heavy atom. The maximum Gasteiger partial charge on any atom is 0.170 e. The predicted molar refractivity (Wildman–Crippen MR) is 75.2 cm³/mol. The molecule has 0 radical (unpaired) electrons. The molecule has 1 heterocycles. The smallest absolute Gasteiger partial charge is 0.170 e. The molecule has 5 nitrogen and oxygen atoms in total. The molecule has 0 atom stereocenters. The third kappa shape index (κ3) is 3.45. The van der Waals surface area contributed by atoms with E-state index in [9.17, 15) is 4.39 Å². The fraction of sp³-hybridized carbons (Fsp3) is 0.0769. The van der Waals surface area contributed by atoms with Crippen LogP contribution in [0.25, 0.3) is 0 Å². The average Bonchev–Trinajstić information content (AvgIpc) is 2.45. The zero-order chi connectivity index (χ0) is 14.5. The summed E-state index contributed by atoms with van der Waals surface area (Å²) in [6.07, 6.45) is 3.28. The van der Waals surface area contributed by atoms with E-state index in [-0.39, 0.29) is 23.8 Å². The Labute approximate surface area is 123 Å². The summed E-state index contributed by atoms with van der Waals surface area (Å²) < 4.78 is 20.0. The van der Waals surface area contributed by atoms with E-state index in [0.29, 0.717) is 0 Å². The molecule has 2 rings (SSSR count). The molecule has 1 aromatic carbocycles. The number of rotatable bonds is 4. The fourth-order valence-corrected chi connectivity index (χ4v) is 1.94. The molecule has 7 heteroatoms. The van der Waals surface area contributed by atoms with Gasteiger partial charge in [-0.3, -0.25) is 4.98 Å².